The van der Waals surface area contributed by atoms with E-state index >= 15 is 0 Å². The van der Waals surface area contributed by atoms with Gasteiger partial charge in [-0.15, -0.1) is 0 Å². The molecule has 50 heavy (non-hydrogen) atoms. The Bertz CT molecular complexity index is 1680. The lowest BCUT2D eigenvalue weighted by Gasteiger charge is -2.40. The second kappa shape index (κ2) is 15.9. The van der Waals surface area contributed by atoms with E-state index in [0.717, 1.165) is 11.1 Å². The summed E-state index contributed by atoms with van der Waals surface area (Å²) in [6, 6.07) is 10.9. The van der Waals surface area contributed by atoms with Gasteiger partial charge in [-0.2, -0.15) is 16.8 Å². The van der Waals surface area contributed by atoms with E-state index in [0.29, 0.717) is 13.0 Å². The largest absolute Gasteiger partial charge is 0.444 e. The number of morpholine rings is 2. The zero-order chi connectivity index (χ0) is 36.9. The van der Waals surface area contributed by atoms with E-state index in [2.05, 4.69) is 0 Å². The van der Waals surface area contributed by atoms with Gasteiger partial charge in [0.25, 0.3) is 20.2 Å². The number of hydrogen-bond donors (Lipinski definition) is 0. The third kappa shape index (κ3) is 11.4. The molecule has 0 bridgehead atoms. The first kappa shape index (κ1) is 39.5. The lowest BCUT2D eigenvalue weighted by Crippen LogP contribution is -2.55. The van der Waals surface area contributed by atoms with E-state index in [1.807, 2.05) is 6.92 Å². The fraction of sp³-hybridized carbons (Fsp3) is 0.588. The Labute approximate surface area is 295 Å². The first-order valence-corrected chi connectivity index (χ1v) is 19.2. The summed E-state index contributed by atoms with van der Waals surface area (Å²) in [4.78, 5) is 28.6. The third-order valence-electron chi connectivity index (χ3n) is 7.67. The molecular formula is C34H48N2O12S2. The highest BCUT2D eigenvalue weighted by molar-refractivity contribution is 7.87. The molecular weight excluding hydrogens is 693 g/mol. The summed E-state index contributed by atoms with van der Waals surface area (Å²) in [6.45, 7) is 12.3. The highest BCUT2D eigenvalue weighted by Crippen LogP contribution is 2.23. The molecule has 0 aromatic heterocycles. The van der Waals surface area contributed by atoms with Crippen molar-refractivity contribution in [2.24, 2.45) is 0 Å². The van der Waals surface area contributed by atoms with Crippen LogP contribution in [-0.2, 0) is 54.0 Å². The van der Waals surface area contributed by atoms with Gasteiger partial charge in [0.05, 0.1) is 67.6 Å². The average molecular weight is 741 g/mol. The van der Waals surface area contributed by atoms with Crippen LogP contribution in [0.4, 0.5) is 9.59 Å². The van der Waals surface area contributed by atoms with Gasteiger partial charge < -0.3 is 18.9 Å². The molecule has 1 unspecified atom stereocenters. The maximum Gasteiger partial charge on any atom is 0.410 e. The molecule has 0 N–H and O–H groups in total. The smallest absolute Gasteiger partial charge is 0.410 e. The summed E-state index contributed by atoms with van der Waals surface area (Å²) in [6.07, 6.45) is -1.40. The maximum absolute atomic E-state index is 13.2. The predicted molar refractivity (Wildman–Crippen MR) is 182 cm³/mol. The number of aryl methyl sites for hydroxylation is 1. The van der Waals surface area contributed by atoms with Crippen molar-refractivity contribution in [1.82, 2.24) is 9.80 Å². The number of rotatable bonds is 10. The summed E-state index contributed by atoms with van der Waals surface area (Å²) in [7, 11) is -8.26. The second-order valence-corrected chi connectivity index (χ2v) is 17.5. The molecule has 3 atom stereocenters. The molecule has 2 aliphatic heterocycles. The molecule has 0 spiro atoms. The van der Waals surface area contributed by atoms with Crippen molar-refractivity contribution < 1.29 is 53.7 Å². The minimum atomic E-state index is -4.18. The van der Waals surface area contributed by atoms with E-state index in [1.54, 1.807) is 65.8 Å². The topological polar surface area (TPSA) is 164 Å². The molecule has 0 radical (unpaired) electrons. The number of benzene rings is 2. The number of nitrogens with zero attached hydrogens (tertiary/aromatic N) is 2. The fourth-order valence-corrected chi connectivity index (χ4v) is 7.03. The van der Waals surface area contributed by atoms with Gasteiger partial charge in [0.1, 0.15) is 11.2 Å². The predicted octanol–water partition coefficient (Wildman–Crippen LogP) is 4.29. The van der Waals surface area contributed by atoms with Crippen molar-refractivity contribution in [1.29, 1.82) is 0 Å². The number of hydrogen-bond acceptors (Lipinski definition) is 12. The molecule has 278 valence electrons. The number of carbonyl (C=O) groups is 2. The van der Waals surface area contributed by atoms with Crippen LogP contribution in [0.25, 0.3) is 0 Å². The highest BCUT2D eigenvalue weighted by Gasteiger charge is 2.37. The fourth-order valence-electron chi connectivity index (χ4n) is 5.15. The molecule has 16 heteroatoms. The Morgan fingerprint density at radius 3 is 1.74 bits per heavy atom. The van der Waals surface area contributed by atoms with Crippen LogP contribution in [-0.4, -0.2) is 114 Å². The van der Waals surface area contributed by atoms with Crippen LogP contribution in [0, 0.1) is 6.92 Å². The molecule has 2 aliphatic rings. The molecule has 0 saturated carbocycles. The van der Waals surface area contributed by atoms with Crippen LogP contribution in [0.3, 0.4) is 0 Å². The van der Waals surface area contributed by atoms with E-state index < -0.39 is 61.8 Å². The Balaban J connectivity index is 1.38. The minimum Gasteiger partial charge on any atom is -0.444 e. The molecule has 0 aliphatic carbocycles. The number of carbonyl (C=O) groups excluding carboxylic acids is 2. The van der Waals surface area contributed by atoms with Crippen molar-refractivity contribution in [3.8, 4) is 0 Å². The van der Waals surface area contributed by atoms with Crippen LogP contribution in [0.1, 0.15) is 52.7 Å². The monoisotopic (exact) mass is 740 g/mol. The summed E-state index contributed by atoms with van der Waals surface area (Å²) >= 11 is 0. The Kier molecular flexibility index (Phi) is 12.6. The third-order valence-corrected chi connectivity index (χ3v) is 10.3. The lowest BCUT2D eigenvalue weighted by molar-refractivity contribution is -0.0771. The molecule has 2 heterocycles. The lowest BCUT2D eigenvalue weighted by atomic mass is 10.1. The van der Waals surface area contributed by atoms with Crippen LogP contribution >= 0.6 is 0 Å². The molecule has 2 saturated heterocycles. The van der Waals surface area contributed by atoms with Crippen molar-refractivity contribution in [2.75, 3.05) is 46.1 Å². The Morgan fingerprint density at radius 1 is 0.740 bits per heavy atom. The second-order valence-electron chi connectivity index (χ2n) is 14.3. The summed E-state index contributed by atoms with van der Waals surface area (Å²) in [5.41, 5.74) is 0.111. The van der Waals surface area contributed by atoms with E-state index in [4.69, 9.17) is 27.3 Å². The van der Waals surface area contributed by atoms with Crippen LogP contribution in [0.2, 0.25) is 0 Å². The first-order chi connectivity index (χ1) is 23.2. The summed E-state index contributed by atoms with van der Waals surface area (Å²) in [5, 5.41) is 0. The Hall–Kier alpha value is -3.28. The van der Waals surface area contributed by atoms with Gasteiger partial charge in [-0.25, -0.2) is 9.59 Å². The van der Waals surface area contributed by atoms with Gasteiger partial charge in [0, 0.05) is 13.0 Å². The normalized spacial score (nSPS) is 20.7. The molecule has 2 aromatic rings. The summed E-state index contributed by atoms with van der Waals surface area (Å²) < 4.78 is 85.0. The van der Waals surface area contributed by atoms with Crippen LogP contribution in [0.15, 0.2) is 58.3 Å². The molecule has 2 aromatic carbocycles. The SMILES string of the molecule is Cc1ccc(S(=O)(=O)OC[C@@H]2COC(Cc3ccc(S(=O)(=O)OC[C@H]4COCCN4C(=O)OC(C)(C)C)cc3)CN2C(=O)OC(C)(C)C)cc1. The van der Waals surface area contributed by atoms with E-state index in [-0.39, 0.29) is 49.3 Å². The molecule has 2 amide bonds. The van der Waals surface area contributed by atoms with E-state index in [9.17, 15) is 26.4 Å². The number of amides is 2. The zero-order valence-corrected chi connectivity index (χ0v) is 31.3. The van der Waals surface area contributed by atoms with Crippen molar-refractivity contribution in [2.45, 2.75) is 94.1 Å². The van der Waals surface area contributed by atoms with Crippen LogP contribution < -0.4 is 0 Å². The Morgan fingerprint density at radius 2 is 1.22 bits per heavy atom. The number of ether oxygens (including phenoxy) is 4. The maximum atomic E-state index is 13.2. The van der Waals surface area contributed by atoms with Gasteiger partial charge in [0.2, 0.25) is 0 Å². The van der Waals surface area contributed by atoms with Gasteiger partial charge >= 0.3 is 12.2 Å². The van der Waals surface area contributed by atoms with E-state index in [1.165, 1.54) is 34.1 Å². The van der Waals surface area contributed by atoms with Gasteiger partial charge in [-0.3, -0.25) is 18.2 Å². The molecule has 4 rings (SSSR count). The standard InChI is InChI=1S/C34H48N2O12S2/c1-24-8-12-29(13-9-24)49(39,40)46-23-27-21-44-28(19-36(27)32(38)48-34(5,6)7)18-25-10-14-30(15-11-25)50(41,42)45-22-26-20-43-17-16-35(26)31(37)47-33(2,3)4/h8-15,26-28H,16-23H2,1-7H3/t26-,27+,28?/m1/s1. The quantitative estimate of drug-likeness (QED) is 0.318. The van der Waals surface area contributed by atoms with Gasteiger partial charge in [-0.05, 0) is 78.3 Å². The van der Waals surface area contributed by atoms with Gasteiger partial charge in [0.15, 0.2) is 0 Å². The van der Waals surface area contributed by atoms with Crippen LogP contribution in [0.5, 0.6) is 0 Å². The zero-order valence-electron chi connectivity index (χ0n) is 29.6. The first-order valence-electron chi connectivity index (χ1n) is 16.4. The van der Waals surface area contributed by atoms with Crippen molar-refractivity contribution in [3.63, 3.8) is 0 Å². The molecule has 14 nitrogen and oxygen atoms in total. The molecule has 2 fully saturated rings. The highest BCUT2D eigenvalue weighted by atomic mass is 32.2. The van der Waals surface area contributed by atoms with Crippen molar-refractivity contribution in [3.05, 3.63) is 59.7 Å². The minimum absolute atomic E-state index is 0.00292. The average Bonchev–Trinajstić information content (AvgIpc) is 3.02. The van der Waals surface area contributed by atoms with Gasteiger partial charge in [-0.1, -0.05) is 29.8 Å². The van der Waals surface area contributed by atoms with Crippen molar-refractivity contribution >= 4 is 32.4 Å². The summed E-state index contributed by atoms with van der Waals surface area (Å²) in [5.74, 6) is 0.